The van der Waals surface area contributed by atoms with Gasteiger partial charge in [0.15, 0.2) is 0 Å². The van der Waals surface area contributed by atoms with Gasteiger partial charge in [-0.25, -0.2) is 0 Å². The normalized spacial score (nSPS) is 18.4. The van der Waals surface area contributed by atoms with E-state index in [1.54, 1.807) is 0 Å². The summed E-state index contributed by atoms with van der Waals surface area (Å²) < 4.78 is 12.7. The summed E-state index contributed by atoms with van der Waals surface area (Å²) in [4.78, 5) is 0. The molecule has 0 aliphatic carbocycles. The maximum Gasteiger partial charge on any atom is 0.127 e. The topological polar surface area (TPSA) is 58.9 Å². The second-order valence-electron chi connectivity index (χ2n) is 11.0. The number of aromatic hydroxyl groups is 2. The highest BCUT2D eigenvalue weighted by Crippen LogP contribution is 2.46. The third-order valence-electron chi connectivity index (χ3n) is 7.70. The summed E-state index contributed by atoms with van der Waals surface area (Å²) in [6.07, 6.45) is 4.93. The second-order valence-corrected chi connectivity index (χ2v) is 11.0. The molecule has 174 valence electrons. The standard InChI is InChI=1S/C28H38O4/c1-15-17(3)25-21(11-13-27(5,6)31-25)19(23(15)29)9-10-20-22-12-14-28(7,8)32-26(22)18(4)16(2)24(20)30/h29-30H,9-14H2,1-8H3. The summed E-state index contributed by atoms with van der Waals surface area (Å²) in [5, 5.41) is 22.1. The summed E-state index contributed by atoms with van der Waals surface area (Å²) in [6, 6.07) is 0. The van der Waals surface area contributed by atoms with Gasteiger partial charge in [0, 0.05) is 22.3 Å². The Hall–Kier alpha value is -2.36. The summed E-state index contributed by atoms with van der Waals surface area (Å²) >= 11 is 0. The van der Waals surface area contributed by atoms with Gasteiger partial charge in [-0.3, -0.25) is 0 Å². The monoisotopic (exact) mass is 438 g/mol. The van der Waals surface area contributed by atoms with Gasteiger partial charge >= 0.3 is 0 Å². The Morgan fingerprint density at radius 1 is 0.625 bits per heavy atom. The number of ether oxygens (including phenoxy) is 2. The molecule has 0 aromatic heterocycles. The molecule has 2 aromatic carbocycles. The molecule has 0 bridgehead atoms. The number of hydrogen-bond acceptors (Lipinski definition) is 4. The molecule has 2 aromatic rings. The van der Waals surface area contributed by atoms with Crippen LogP contribution in [-0.4, -0.2) is 21.4 Å². The van der Waals surface area contributed by atoms with Crippen LogP contribution in [-0.2, 0) is 25.7 Å². The third-order valence-corrected chi connectivity index (χ3v) is 7.70. The van der Waals surface area contributed by atoms with Crippen LogP contribution in [0.25, 0.3) is 0 Å². The van der Waals surface area contributed by atoms with E-state index in [0.29, 0.717) is 24.3 Å². The van der Waals surface area contributed by atoms with E-state index in [0.717, 1.165) is 81.7 Å². The minimum Gasteiger partial charge on any atom is -0.507 e. The lowest BCUT2D eigenvalue weighted by molar-refractivity contribution is 0.0824. The van der Waals surface area contributed by atoms with Gasteiger partial charge in [-0.05, 0) is 116 Å². The second kappa shape index (κ2) is 7.60. The van der Waals surface area contributed by atoms with E-state index in [1.807, 2.05) is 27.7 Å². The number of benzene rings is 2. The number of fused-ring (bicyclic) bond motifs is 2. The van der Waals surface area contributed by atoms with Crippen molar-refractivity contribution in [1.29, 1.82) is 0 Å². The molecule has 2 N–H and O–H groups in total. The van der Waals surface area contributed by atoms with Crippen molar-refractivity contribution in [3.8, 4) is 23.0 Å². The van der Waals surface area contributed by atoms with Crippen molar-refractivity contribution < 1.29 is 19.7 Å². The summed E-state index contributed by atoms with van der Waals surface area (Å²) in [7, 11) is 0. The molecule has 2 heterocycles. The SMILES string of the molecule is Cc1c(C)c2c(c(CCc3c(O)c(C)c(C)c4c3CCC(C)(C)O4)c1O)CCC(C)(C)O2. The zero-order valence-electron chi connectivity index (χ0n) is 21.0. The van der Waals surface area contributed by atoms with Crippen molar-refractivity contribution in [1.82, 2.24) is 0 Å². The first-order chi connectivity index (χ1) is 14.8. The Bertz CT molecular complexity index is 1000. The Morgan fingerprint density at radius 2 is 0.969 bits per heavy atom. The van der Waals surface area contributed by atoms with Crippen LogP contribution in [0.1, 0.15) is 85.0 Å². The quantitative estimate of drug-likeness (QED) is 0.588. The molecule has 2 aliphatic heterocycles. The van der Waals surface area contributed by atoms with Crippen molar-refractivity contribution in [3.05, 3.63) is 44.5 Å². The molecule has 0 unspecified atom stereocenters. The molecule has 4 rings (SSSR count). The average Bonchev–Trinajstić information content (AvgIpc) is 2.72. The molecule has 4 heteroatoms. The van der Waals surface area contributed by atoms with Gasteiger partial charge in [0.2, 0.25) is 0 Å². The summed E-state index contributed by atoms with van der Waals surface area (Å²) in [6.45, 7) is 16.5. The molecule has 0 amide bonds. The fourth-order valence-electron chi connectivity index (χ4n) is 5.26. The van der Waals surface area contributed by atoms with E-state index < -0.39 is 0 Å². The molecular weight excluding hydrogens is 400 g/mol. The van der Waals surface area contributed by atoms with Crippen molar-refractivity contribution in [2.45, 2.75) is 105 Å². The first kappa shape index (κ1) is 22.8. The van der Waals surface area contributed by atoms with Crippen LogP contribution in [0.5, 0.6) is 23.0 Å². The molecule has 32 heavy (non-hydrogen) atoms. The average molecular weight is 439 g/mol. The lowest BCUT2D eigenvalue weighted by Crippen LogP contribution is -2.34. The number of phenolic OH excluding ortho intramolecular Hbond substituents is 2. The third kappa shape index (κ3) is 3.72. The minimum absolute atomic E-state index is 0.200. The van der Waals surface area contributed by atoms with Crippen LogP contribution in [0.15, 0.2) is 0 Å². The first-order valence-corrected chi connectivity index (χ1v) is 11.9. The highest BCUT2D eigenvalue weighted by molar-refractivity contribution is 5.61. The largest absolute Gasteiger partial charge is 0.507 e. The summed E-state index contributed by atoms with van der Waals surface area (Å²) in [5.74, 6) is 2.62. The lowest BCUT2D eigenvalue weighted by atomic mass is 9.83. The van der Waals surface area contributed by atoms with Crippen LogP contribution in [0.2, 0.25) is 0 Å². The van der Waals surface area contributed by atoms with E-state index in [2.05, 4.69) is 27.7 Å². The van der Waals surface area contributed by atoms with Gasteiger partial charge in [0.05, 0.1) is 0 Å². The van der Waals surface area contributed by atoms with E-state index in [4.69, 9.17) is 9.47 Å². The number of phenols is 2. The van der Waals surface area contributed by atoms with Crippen molar-refractivity contribution >= 4 is 0 Å². The Morgan fingerprint density at radius 3 is 1.31 bits per heavy atom. The van der Waals surface area contributed by atoms with Gasteiger partial charge in [-0.2, -0.15) is 0 Å². The van der Waals surface area contributed by atoms with Crippen LogP contribution in [0.3, 0.4) is 0 Å². The predicted octanol–water partition coefficient (Wildman–Crippen LogP) is 6.32. The zero-order chi connectivity index (χ0) is 23.6. The Labute approximate surface area is 192 Å². The molecule has 0 atom stereocenters. The fraction of sp³-hybridized carbons (Fsp3) is 0.571. The van der Waals surface area contributed by atoms with Gasteiger partial charge in [-0.15, -0.1) is 0 Å². The lowest BCUT2D eigenvalue weighted by Gasteiger charge is -2.36. The van der Waals surface area contributed by atoms with Crippen LogP contribution < -0.4 is 9.47 Å². The first-order valence-electron chi connectivity index (χ1n) is 11.9. The molecule has 2 aliphatic rings. The van der Waals surface area contributed by atoms with Crippen molar-refractivity contribution in [2.75, 3.05) is 0 Å². The maximum absolute atomic E-state index is 11.1. The fourth-order valence-corrected chi connectivity index (χ4v) is 5.26. The van der Waals surface area contributed by atoms with E-state index in [9.17, 15) is 10.2 Å². The molecule has 0 saturated carbocycles. The van der Waals surface area contributed by atoms with Crippen molar-refractivity contribution in [2.24, 2.45) is 0 Å². The van der Waals surface area contributed by atoms with Crippen LogP contribution >= 0.6 is 0 Å². The predicted molar refractivity (Wildman–Crippen MR) is 129 cm³/mol. The Balaban J connectivity index is 1.76. The molecule has 0 saturated heterocycles. The molecule has 0 fully saturated rings. The molecule has 0 radical (unpaired) electrons. The smallest absolute Gasteiger partial charge is 0.127 e. The van der Waals surface area contributed by atoms with E-state index >= 15 is 0 Å². The van der Waals surface area contributed by atoms with Crippen LogP contribution in [0.4, 0.5) is 0 Å². The highest BCUT2D eigenvalue weighted by atomic mass is 16.5. The van der Waals surface area contributed by atoms with E-state index in [-0.39, 0.29) is 11.2 Å². The maximum atomic E-state index is 11.1. The zero-order valence-corrected chi connectivity index (χ0v) is 21.0. The van der Waals surface area contributed by atoms with Crippen LogP contribution in [0, 0.1) is 27.7 Å². The van der Waals surface area contributed by atoms with Gasteiger partial charge in [0.1, 0.15) is 34.2 Å². The van der Waals surface area contributed by atoms with Crippen molar-refractivity contribution in [3.63, 3.8) is 0 Å². The minimum atomic E-state index is -0.200. The van der Waals surface area contributed by atoms with Gasteiger partial charge < -0.3 is 19.7 Å². The number of hydrogen-bond donors (Lipinski definition) is 2. The van der Waals surface area contributed by atoms with Gasteiger partial charge in [-0.1, -0.05) is 0 Å². The van der Waals surface area contributed by atoms with Gasteiger partial charge in [0.25, 0.3) is 0 Å². The Kier molecular flexibility index (Phi) is 5.42. The summed E-state index contributed by atoms with van der Waals surface area (Å²) in [5.41, 5.74) is 7.58. The highest BCUT2D eigenvalue weighted by Gasteiger charge is 2.34. The molecular formula is C28H38O4. The molecule has 4 nitrogen and oxygen atoms in total. The molecule has 0 spiro atoms. The number of rotatable bonds is 3. The van der Waals surface area contributed by atoms with E-state index in [1.165, 1.54) is 0 Å².